The van der Waals surface area contributed by atoms with Crippen molar-refractivity contribution in [2.24, 2.45) is 0 Å². The molecule has 0 saturated heterocycles. The molecule has 0 N–H and O–H groups in total. The SMILES string of the molecule is CCCC(CCC)(CCC)O[Si](=O)OC(CCC)(CCC)CCC. The van der Waals surface area contributed by atoms with Crippen molar-refractivity contribution in [3.63, 3.8) is 0 Å². The van der Waals surface area contributed by atoms with Crippen LogP contribution in [-0.4, -0.2) is 20.4 Å². The van der Waals surface area contributed by atoms with Gasteiger partial charge in [0.2, 0.25) is 0 Å². The van der Waals surface area contributed by atoms with Crippen molar-refractivity contribution >= 4 is 9.17 Å². The van der Waals surface area contributed by atoms with Gasteiger partial charge in [0.15, 0.2) is 0 Å². The Morgan fingerprint density at radius 2 is 0.750 bits per heavy atom. The lowest BCUT2D eigenvalue weighted by molar-refractivity contribution is -0.0472. The molecule has 0 amide bonds. The van der Waals surface area contributed by atoms with Gasteiger partial charge in [-0.2, -0.15) is 0 Å². The monoisotopic (exact) mass is 358 g/mol. The molecule has 0 bridgehead atoms. The quantitative estimate of drug-likeness (QED) is 0.287. The molecule has 0 aromatic carbocycles. The molecular formula is C20H42O3Si. The van der Waals surface area contributed by atoms with Crippen LogP contribution in [0, 0.1) is 0 Å². The van der Waals surface area contributed by atoms with Crippen LogP contribution in [0.1, 0.15) is 119 Å². The molecule has 4 heteroatoms. The van der Waals surface area contributed by atoms with Crippen LogP contribution in [0.15, 0.2) is 0 Å². The summed E-state index contributed by atoms with van der Waals surface area (Å²) in [7, 11) is -2.48. The van der Waals surface area contributed by atoms with Crippen LogP contribution in [0.3, 0.4) is 0 Å². The largest absolute Gasteiger partial charge is 0.768 e. The molecule has 0 aliphatic carbocycles. The third-order valence-electron chi connectivity index (χ3n) is 4.83. The van der Waals surface area contributed by atoms with E-state index in [4.69, 9.17) is 8.85 Å². The van der Waals surface area contributed by atoms with E-state index in [0.29, 0.717) is 0 Å². The maximum atomic E-state index is 12.9. The van der Waals surface area contributed by atoms with Crippen LogP contribution in [0.5, 0.6) is 0 Å². The summed E-state index contributed by atoms with van der Waals surface area (Å²) < 4.78 is 25.2. The highest BCUT2D eigenvalue weighted by molar-refractivity contribution is 6.26. The lowest BCUT2D eigenvalue weighted by Crippen LogP contribution is -2.42. The summed E-state index contributed by atoms with van der Waals surface area (Å²) in [5, 5.41) is 0. The zero-order valence-electron chi connectivity index (χ0n) is 17.2. The summed E-state index contributed by atoms with van der Waals surface area (Å²) >= 11 is 0. The minimum atomic E-state index is -2.48. The fraction of sp³-hybridized carbons (Fsp3) is 1.00. The first-order valence-electron chi connectivity index (χ1n) is 10.4. The summed E-state index contributed by atoms with van der Waals surface area (Å²) in [6, 6.07) is 0. The van der Waals surface area contributed by atoms with E-state index < -0.39 is 9.17 Å². The first-order valence-corrected chi connectivity index (χ1v) is 11.6. The predicted octanol–water partition coefficient (Wildman–Crippen LogP) is 6.71. The molecule has 3 nitrogen and oxygen atoms in total. The van der Waals surface area contributed by atoms with Crippen molar-refractivity contribution in [3.8, 4) is 0 Å². The predicted molar refractivity (Wildman–Crippen MR) is 104 cm³/mol. The maximum absolute atomic E-state index is 12.9. The molecule has 0 fully saturated rings. The molecule has 0 unspecified atom stereocenters. The lowest BCUT2D eigenvalue weighted by atomic mass is 9.88. The Labute approximate surface area is 152 Å². The van der Waals surface area contributed by atoms with Crippen LogP contribution < -0.4 is 0 Å². The molecule has 0 heterocycles. The third-order valence-corrected chi connectivity index (χ3v) is 6.03. The average molecular weight is 359 g/mol. The fourth-order valence-electron chi connectivity index (χ4n) is 4.16. The summed E-state index contributed by atoms with van der Waals surface area (Å²) in [5.74, 6) is 0. The Balaban J connectivity index is 5.16. The second-order valence-corrected chi connectivity index (χ2v) is 8.23. The first-order chi connectivity index (χ1) is 11.5. The number of rotatable bonds is 16. The highest BCUT2D eigenvalue weighted by Crippen LogP contribution is 2.33. The van der Waals surface area contributed by atoms with Crippen molar-refractivity contribution in [2.75, 3.05) is 0 Å². The Bertz CT molecular complexity index is 267. The van der Waals surface area contributed by atoms with Crippen molar-refractivity contribution < 1.29 is 13.3 Å². The van der Waals surface area contributed by atoms with Crippen molar-refractivity contribution in [2.45, 2.75) is 130 Å². The van der Waals surface area contributed by atoms with E-state index in [9.17, 15) is 4.46 Å². The third kappa shape index (κ3) is 8.13. The second kappa shape index (κ2) is 12.9. The standard InChI is InChI=1S/C20H42O3Si/c1-7-13-19(14-8-2,15-9-3)22-24(21)23-20(16-10-4,17-11-5)18-12-6/h7-18H2,1-6H3. The number of hydrogen-bond donors (Lipinski definition) is 0. The smallest absolute Gasteiger partial charge is 0.491 e. The van der Waals surface area contributed by atoms with Gasteiger partial charge in [0, 0.05) is 0 Å². The maximum Gasteiger partial charge on any atom is 0.768 e. The zero-order valence-corrected chi connectivity index (χ0v) is 18.2. The van der Waals surface area contributed by atoms with Crippen LogP contribution in [0.25, 0.3) is 0 Å². The van der Waals surface area contributed by atoms with E-state index >= 15 is 0 Å². The van der Waals surface area contributed by atoms with Gasteiger partial charge in [-0.15, -0.1) is 0 Å². The molecule has 24 heavy (non-hydrogen) atoms. The van der Waals surface area contributed by atoms with Crippen molar-refractivity contribution in [3.05, 3.63) is 0 Å². The molecule has 0 rings (SSSR count). The van der Waals surface area contributed by atoms with Crippen molar-refractivity contribution in [1.29, 1.82) is 0 Å². The highest BCUT2D eigenvalue weighted by atomic mass is 28.3. The molecular weight excluding hydrogens is 316 g/mol. The molecule has 0 aliphatic rings. The average Bonchev–Trinajstić information content (AvgIpc) is 2.48. The topological polar surface area (TPSA) is 35.5 Å². The van der Waals surface area contributed by atoms with Gasteiger partial charge in [-0.3, -0.25) is 4.46 Å². The van der Waals surface area contributed by atoms with Gasteiger partial charge in [-0.25, -0.2) is 0 Å². The molecule has 0 spiro atoms. The van der Waals surface area contributed by atoms with Gasteiger partial charge in [0.05, 0.1) is 11.2 Å². The zero-order chi connectivity index (χ0) is 18.5. The normalized spacial score (nSPS) is 12.2. The lowest BCUT2D eigenvalue weighted by Gasteiger charge is -2.37. The first kappa shape index (κ1) is 23.6. The summed E-state index contributed by atoms with van der Waals surface area (Å²) in [6.45, 7) is 13.1. The highest BCUT2D eigenvalue weighted by Gasteiger charge is 2.39. The van der Waals surface area contributed by atoms with Crippen LogP contribution >= 0.6 is 0 Å². The Kier molecular flexibility index (Phi) is 12.7. The molecule has 0 radical (unpaired) electrons. The minimum Gasteiger partial charge on any atom is -0.491 e. The van der Waals surface area contributed by atoms with E-state index in [2.05, 4.69) is 41.5 Å². The number of hydrogen-bond acceptors (Lipinski definition) is 3. The van der Waals surface area contributed by atoms with E-state index in [1.807, 2.05) is 0 Å². The van der Waals surface area contributed by atoms with Gasteiger partial charge < -0.3 is 8.85 Å². The van der Waals surface area contributed by atoms with Crippen LogP contribution in [-0.2, 0) is 13.3 Å². The molecule has 144 valence electrons. The Morgan fingerprint density at radius 3 is 0.917 bits per heavy atom. The summed E-state index contributed by atoms with van der Waals surface area (Å²) in [4.78, 5) is 0. The summed E-state index contributed by atoms with van der Waals surface area (Å²) in [6.07, 6.45) is 12.1. The molecule has 0 aromatic rings. The molecule has 0 aromatic heterocycles. The van der Waals surface area contributed by atoms with Gasteiger partial charge in [-0.05, 0) is 38.5 Å². The van der Waals surface area contributed by atoms with E-state index in [1.165, 1.54) is 0 Å². The Morgan fingerprint density at radius 1 is 0.542 bits per heavy atom. The van der Waals surface area contributed by atoms with Crippen LogP contribution in [0.4, 0.5) is 0 Å². The molecule has 0 saturated carbocycles. The van der Waals surface area contributed by atoms with Crippen molar-refractivity contribution in [1.82, 2.24) is 0 Å². The fourth-order valence-corrected chi connectivity index (χ4v) is 5.53. The van der Waals surface area contributed by atoms with Gasteiger partial charge in [-0.1, -0.05) is 80.1 Å². The van der Waals surface area contributed by atoms with Crippen LogP contribution in [0.2, 0.25) is 0 Å². The van der Waals surface area contributed by atoms with E-state index in [0.717, 1.165) is 77.0 Å². The minimum absolute atomic E-state index is 0.259. The Hall–Kier alpha value is -0.383. The second-order valence-electron chi connectivity index (χ2n) is 7.32. The van der Waals surface area contributed by atoms with Gasteiger partial charge in [0.25, 0.3) is 0 Å². The molecule has 0 atom stereocenters. The van der Waals surface area contributed by atoms with E-state index in [-0.39, 0.29) is 11.2 Å². The summed E-state index contributed by atoms with van der Waals surface area (Å²) in [5.41, 5.74) is -0.518. The van der Waals surface area contributed by atoms with Gasteiger partial charge in [0.1, 0.15) is 0 Å². The van der Waals surface area contributed by atoms with E-state index in [1.54, 1.807) is 0 Å². The van der Waals surface area contributed by atoms with Gasteiger partial charge >= 0.3 is 9.17 Å². The molecule has 0 aliphatic heterocycles.